The van der Waals surface area contributed by atoms with Crippen LogP contribution in [0.3, 0.4) is 0 Å². The van der Waals surface area contributed by atoms with E-state index in [1.165, 1.54) is 32.6 Å². The summed E-state index contributed by atoms with van der Waals surface area (Å²) >= 11 is 0. The van der Waals surface area contributed by atoms with Crippen LogP contribution >= 0.6 is 0 Å². The van der Waals surface area contributed by atoms with E-state index in [1.807, 2.05) is 4.90 Å². The minimum absolute atomic E-state index is 0.0987. The third kappa shape index (κ3) is 3.32. The maximum absolute atomic E-state index is 12.6. The number of carbonyl (C=O) groups excluding carboxylic acids is 2. The predicted octanol–water partition coefficient (Wildman–Crippen LogP) is 3.30. The largest absolute Gasteiger partial charge is 0.338 e. The van der Waals surface area contributed by atoms with Crippen molar-refractivity contribution in [2.75, 3.05) is 18.4 Å². The Hall–Kier alpha value is -1.84. The predicted molar refractivity (Wildman–Crippen MR) is 86.7 cm³/mol. The van der Waals surface area contributed by atoms with Crippen molar-refractivity contribution >= 4 is 17.5 Å². The summed E-state index contributed by atoms with van der Waals surface area (Å²) in [5.74, 6) is 1.56. The Labute approximate surface area is 131 Å². The molecular weight excluding hydrogens is 276 g/mol. The van der Waals surface area contributed by atoms with Crippen molar-refractivity contribution in [1.82, 2.24) is 4.90 Å². The van der Waals surface area contributed by atoms with Crippen molar-refractivity contribution in [2.45, 2.75) is 39.0 Å². The molecule has 0 radical (unpaired) electrons. The lowest BCUT2D eigenvalue weighted by Crippen LogP contribution is -2.44. The second-order valence-corrected chi connectivity index (χ2v) is 6.60. The average molecular weight is 300 g/mol. The summed E-state index contributed by atoms with van der Waals surface area (Å²) in [6, 6.07) is 7.20. The van der Waals surface area contributed by atoms with Gasteiger partial charge in [-0.15, -0.1) is 0 Å². The average Bonchev–Trinajstić information content (AvgIpc) is 2.54. The number of benzene rings is 1. The lowest BCUT2D eigenvalue weighted by molar-refractivity contribution is -0.114. The van der Waals surface area contributed by atoms with Gasteiger partial charge in [0.05, 0.1) is 0 Å². The van der Waals surface area contributed by atoms with E-state index < -0.39 is 0 Å². The van der Waals surface area contributed by atoms with Crippen LogP contribution < -0.4 is 5.32 Å². The number of nitrogens with zero attached hydrogens (tertiary/aromatic N) is 1. The van der Waals surface area contributed by atoms with Gasteiger partial charge < -0.3 is 10.2 Å². The number of fused-ring (bicyclic) bond motifs is 1. The number of nitrogens with one attached hydrogen (secondary N) is 1. The molecule has 2 fully saturated rings. The summed E-state index contributed by atoms with van der Waals surface area (Å²) in [7, 11) is 0. The lowest BCUT2D eigenvalue weighted by Gasteiger charge is -2.41. The van der Waals surface area contributed by atoms with E-state index in [4.69, 9.17) is 0 Å². The van der Waals surface area contributed by atoms with Gasteiger partial charge in [0.1, 0.15) is 0 Å². The van der Waals surface area contributed by atoms with E-state index in [-0.39, 0.29) is 11.8 Å². The molecule has 0 aromatic heterocycles. The van der Waals surface area contributed by atoms with Gasteiger partial charge >= 0.3 is 0 Å². The Kier molecular flexibility index (Phi) is 4.46. The molecule has 22 heavy (non-hydrogen) atoms. The molecular formula is C18H24N2O2. The highest BCUT2D eigenvalue weighted by atomic mass is 16.2. The summed E-state index contributed by atoms with van der Waals surface area (Å²) in [4.78, 5) is 25.7. The zero-order valence-electron chi connectivity index (χ0n) is 13.2. The Balaban J connectivity index is 1.64. The third-order valence-electron chi connectivity index (χ3n) is 5.03. The molecule has 0 spiro atoms. The molecule has 1 aliphatic carbocycles. The third-order valence-corrected chi connectivity index (χ3v) is 5.03. The summed E-state index contributed by atoms with van der Waals surface area (Å²) in [5, 5.41) is 2.72. The van der Waals surface area contributed by atoms with Crippen LogP contribution in [0.25, 0.3) is 0 Å². The first kappa shape index (κ1) is 15.1. The molecule has 2 amide bonds. The lowest BCUT2D eigenvalue weighted by atomic mass is 9.75. The van der Waals surface area contributed by atoms with Crippen molar-refractivity contribution in [1.29, 1.82) is 0 Å². The second-order valence-electron chi connectivity index (χ2n) is 6.60. The molecule has 1 saturated heterocycles. The van der Waals surface area contributed by atoms with Crippen LogP contribution in [0, 0.1) is 11.8 Å². The van der Waals surface area contributed by atoms with Gasteiger partial charge in [-0.05, 0) is 48.9 Å². The van der Waals surface area contributed by atoms with E-state index in [1.54, 1.807) is 24.3 Å². The number of carbonyl (C=O) groups is 2. The van der Waals surface area contributed by atoms with Crippen LogP contribution in [-0.4, -0.2) is 29.8 Å². The van der Waals surface area contributed by atoms with E-state index in [9.17, 15) is 9.59 Å². The molecule has 4 nitrogen and oxygen atoms in total. The van der Waals surface area contributed by atoms with E-state index in [0.717, 1.165) is 31.1 Å². The smallest absolute Gasteiger partial charge is 0.253 e. The first-order chi connectivity index (χ1) is 10.6. The van der Waals surface area contributed by atoms with Crippen LogP contribution in [-0.2, 0) is 4.79 Å². The maximum Gasteiger partial charge on any atom is 0.253 e. The van der Waals surface area contributed by atoms with Gasteiger partial charge in [0.2, 0.25) is 5.91 Å². The topological polar surface area (TPSA) is 49.4 Å². The number of amides is 2. The van der Waals surface area contributed by atoms with Gasteiger partial charge in [-0.25, -0.2) is 0 Å². The Bertz CT molecular complexity index is 553. The van der Waals surface area contributed by atoms with Gasteiger partial charge in [0, 0.05) is 31.3 Å². The number of hydrogen-bond acceptors (Lipinski definition) is 2. The fraction of sp³-hybridized carbons (Fsp3) is 0.556. The van der Waals surface area contributed by atoms with Crippen molar-refractivity contribution in [2.24, 2.45) is 11.8 Å². The molecule has 2 atom stereocenters. The molecule has 2 aliphatic rings. The van der Waals surface area contributed by atoms with E-state index in [0.29, 0.717) is 11.5 Å². The summed E-state index contributed by atoms with van der Waals surface area (Å²) < 4.78 is 0. The van der Waals surface area contributed by atoms with Gasteiger partial charge in [0.15, 0.2) is 0 Å². The van der Waals surface area contributed by atoms with Crippen LogP contribution in [0.1, 0.15) is 49.4 Å². The highest BCUT2D eigenvalue weighted by Gasteiger charge is 2.33. The highest BCUT2D eigenvalue weighted by Crippen LogP contribution is 2.36. The molecule has 1 N–H and O–H groups in total. The van der Waals surface area contributed by atoms with Crippen molar-refractivity contribution in [3.05, 3.63) is 29.8 Å². The Morgan fingerprint density at radius 1 is 1.05 bits per heavy atom. The van der Waals surface area contributed by atoms with Crippen molar-refractivity contribution < 1.29 is 9.59 Å². The Morgan fingerprint density at radius 3 is 2.41 bits per heavy atom. The molecule has 0 bridgehead atoms. The molecule has 1 aromatic rings. The number of anilines is 1. The van der Waals surface area contributed by atoms with Gasteiger partial charge in [0.25, 0.3) is 5.91 Å². The Morgan fingerprint density at radius 2 is 1.73 bits per heavy atom. The van der Waals surface area contributed by atoms with Crippen LogP contribution in [0.2, 0.25) is 0 Å². The highest BCUT2D eigenvalue weighted by molar-refractivity contribution is 5.95. The molecule has 1 heterocycles. The molecule has 1 aromatic carbocycles. The number of rotatable bonds is 2. The van der Waals surface area contributed by atoms with Crippen LogP contribution in [0.4, 0.5) is 5.69 Å². The minimum atomic E-state index is -0.0987. The molecule has 4 heteroatoms. The molecule has 1 aliphatic heterocycles. The van der Waals surface area contributed by atoms with Gasteiger partial charge in [-0.1, -0.05) is 19.3 Å². The van der Waals surface area contributed by atoms with Crippen molar-refractivity contribution in [3.8, 4) is 0 Å². The fourth-order valence-electron chi connectivity index (χ4n) is 3.87. The zero-order chi connectivity index (χ0) is 15.5. The summed E-state index contributed by atoms with van der Waals surface area (Å²) in [6.07, 6.45) is 6.45. The number of hydrogen-bond donors (Lipinski definition) is 1. The molecule has 0 unspecified atom stereocenters. The zero-order valence-corrected chi connectivity index (χ0v) is 13.2. The van der Waals surface area contributed by atoms with Crippen molar-refractivity contribution in [3.63, 3.8) is 0 Å². The van der Waals surface area contributed by atoms with E-state index >= 15 is 0 Å². The molecule has 118 valence electrons. The maximum atomic E-state index is 12.6. The fourth-order valence-corrected chi connectivity index (χ4v) is 3.87. The second kappa shape index (κ2) is 6.51. The molecule has 1 saturated carbocycles. The SMILES string of the molecule is CC(=O)Nc1ccc(C(=O)N2CC[C@@H]3CCCC[C@H]3C2)cc1. The molecule has 3 rings (SSSR count). The summed E-state index contributed by atoms with van der Waals surface area (Å²) in [5.41, 5.74) is 1.44. The standard InChI is InChI=1S/C18H24N2O2/c1-13(21)19-17-8-6-15(7-9-17)18(22)20-11-10-14-4-2-3-5-16(14)12-20/h6-9,14,16H,2-5,10-12H2,1H3,(H,19,21)/t14-,16-/m0/s1. The number of likely N-dealkylation sites (tertiary alicyclic amines) is 1. The van der Waals surface area contributed by atoms with Gasteiger partial charge in [-0.3, -0.25) is 9.59 Å². The normalized spacial score (nSPS) is 24.5. The quantitative estimate of drug-likeness (QED) is 0.911. The first-order valence-corrected chi connectivity index (χ1v) is 8.30. The minimum Gasteiger partial charge on any atom is -0.338 e. The van der Waals surface area contributed by atoms with E-state index in [2.05, 4.69) is 5.32 Å². The van der Waals surface area contributed by atoms with Crippen LogP contribution in [0.5, 0.6) is 0 Å². The monoisotopic (exact) mass is 300 g/mol. The first-order valence-electron chi connectivity index (χ1n) is 8.30. The van der Waals surface area contributed by atoms with Crippen LogP contribution in [0.15, 0.2) is 24.3 Å². The number of piperidine rings is 1. The van der Waals surface area contributed by atoms with Gasteiger partial charge in [-0.2, -0.15) is 0 Å². The summed E-state index contributed by atoms with van der Waals surface area (Å²) in [6.45, 7) is 3.28.